The van der Waals surface area contributed by atoms with Gasteiger partial charge in [-0.1, -0.05) is 0 Å². The first-order valence-corrected chi connectivity index (χ1v) is 12.2. The van der Waals surface area contributed by atoms with Gasteiger partial charge in [0, 0.05) is 44.6 Å². The zero-order chi connectivity index (χ0) is 27.4. The van der Waals surface area contributed by atoms with Gasteiger partial charge in [-0.2, -0.15) is 5.26 Å². The maximum absolute atomic E-state index is 12.7. The maximum Gasteiger partial charge on any atom is 0.410 e. The number of carbonyl (C=O) groups excluding carboxylic acids is 1. The van der Waals surface area contributed by atoms with Gasteiger partial charge in [0.15, 0.2) is 5.69 Å². The Morgan fingerprint density at radius 3 is 2.61 bits per heavy atom. The Kier molecular flexibility index (Phi) is 7.47. The summed E-state index contributed by atoms with van der Waals surface area (Å²) >= 11 is 0. The monoisotopic (exact) mass is 518 g/mol. The average Bonchev–Trinajstić information content (AvgIpc) is 3.38. The Labute approximate surface area is 220 Å². The van der Waals surface area contributed by atoms with E-state index in [0.717, 1.165) is 18.5 Å². The molecule has 0 aliphatic carbocycles. The molecule has 1 atom stereocenters. The van der Waals surface area contributed by atoms with Crippen LogP contribution in [0.2, 0.25) is 0 Å². The summed E-state index contributed by atoms with van der Waals surface area (Å²) in [6, 6.07) is 5.27. The molecule has 12 heteroatoms. The standard InChI is InChI=1S/C26H30N8O4/c1-26(2,3)38-25(37)34-8-5-6-19(16-34)32(4)20-10-22(31-23-14-28-18(11-27)12-29-23)30-13-21(20)33-9-7-17(15-33)24(35)36/h7,9-10,12-15,19H,5-6,8,16H2,1-4H3,(H,35,36)(H,29,30,31). The molecule has 4 heterocycles. The molecule has 0 saturated carbocycles. The number of carboxylic acids is 1. The number of likely N-dealkylation sites (N-methyl/N-ethyl adjacent to an activating group) is 1. The van der Waals surface area contributed by atoms with E-state index < -0.39 is 11.6 Å². The number of nitrogens with one attached hydrogen (secondary N) is 1. The Bertz CT molecular complexity index is 1360. The van der Waals surface area contributed by atoms with E-state index >= 15 is 0 Å². The van der Waals surface area contributed by atoms with Gasteiger partial charge in [-0.3, -0.25) is 0 Å². The highest BCUT2D eigenvalue weighted by atomic mass is 16.6. The molecule has 198 valence electrons. The van der Waals surface area contributed by atoms with E-state index in [9.17, 15) is 14.7 Å². The number of aromatic carboxylic acids is 1. The first-order chi connectivity index (χ1) is 18.0. The number of aromatic nitrogens is 4. The van der Waals surface area contributed by atoms with Gasteiger partial charge in [-0.15, -0.1) is 0 Å². The molecule has 38 heavy (non-hydrogen) atoms. The van der Waals surface area contributed by atoms with E-state index in [-0.39, 0.29) is 23.4 Å². The fraction of sp³-hybridized carbons (Fsp3) is 0.385. The van der Waals surface area contributed by atoms with Gasteiger partial charge in [0.25, 0.3) is 0 Å². The summed E-state index contributed by atoms with van der Waals surface area (Å²) in [5, 5.41) is 21.5. The molecule has 3 aromatic rings. The lowest BCUT2D eigenvalue weighted by Gasteiger charge is -2.39. The van der Waals surface area contributed by atoms with Crippen molar-refractivity contribution < 1.29 is 19.4 Å². The highest BCUT2D eigenvalue weighted by molar-refractivity contribution is 5.87. The van der Waals surface area contributed by atoms with Crippen LogP contribution in [0, 0.1) is 11.3 Å². The quantitative estimate of drug-likeness (QED) is 0.493. The number of anilines is 3. The van der Waals surface area contributed by atoms with E-state index in [1.165, 1.54) is 24.7 Å². The van der Waals surface area contributed by atoms with E-state index in [1.807, 2.05) is 40.0 Å². The number of piperidine rings is 1. The number of likely N-dealkylation sites (tertiary alicyclic amines) is 1. The smallest absolute Gasteiger partial charge is 0.410 e. The molecule has 1 fully saturated rings. The van der Waals surface area contributed by atoms with E-state index in [2.05, 4.69) is 25.2 Å². The second-order valence-electron chi connectivity index (χ2n) is 10.0. The second-order valence-corrected chi connectivity index (χ2v) is 10.0. The third-order valence-corrected chi connectivity index (χ3v) is 6.08. The second kappa shape index (κ2) is 10.8. The van der Waals surface area contributed by atoms with Crippen LogP contribution in [0.4, 0.5) is 22.1 Å². The zero-order valence-corrected chi connectivity index (χ0v) is 21.7. The van der Waals surface area contributed by atoms with Crippen molar-refractivity contribution in [1.29, 1.82) is 5.26 Å². The van der Waals surface area contributed by atoms with Gasteiger partial charge >= 0.3 is 12.1 Å². The lowest BCUT2D eigenvalue weighted by Crippen LogP contribution is -2.50. The number of hydrogen-bond donors (Lipinski definition) is 2. The van der Waals surface area contributed by atoms with Gasteiger partial charge in [0.1, 0.15) is 23.3 Å². The highest BCUT2D eigenvalue weighted by Gasteiger charge is 2.30. The van der Waals surface area contributed by atoms with Crippen LogP contribution >= 0.6 is 0 Å². The minimum absolute atomic E-state index is 0.0190. The van der Waals surface area contributed by atoms with Crippen LogP contribution in [0.5, 0.6) is 0 Å². The van der Waals surface area contributed by atoms with Crippen molar-refractivity contribution in [2.24, 2.45) is 0 Å². The first kappa shape index (κ1) is 26.4. The van der Waals surface area contributed by atoms with Gasteiger partial charge in [0.2, 0.25) is 0 Å². The van der Waals surface area contributed by atoms with Gasteiger partial charge < -0.3 is 29.5 Å². The molecule has 2 N–H and O–H groups in total. The number of hydrogen-bond acceptors (Lipinski definition) is 9. The van der Waals surface area contributed by atoms with Crippen molar-refractivity contribution in [1.82, 2.24) is 24.4 Å². The van der Waals surface area contributed by atoms with Gasteiger partial charge in [-0.05, 0) is 39.7 Å². The van der Waals surface area contributed by atoms with Crippen molar-refractivity contribution in [3.05, 3.63) is 54.4 Å². The molecule has 1 unspecified atom stereocenters. The molecular weight excluding hydrogens is 488 g/mol. The van der Waals surface area contributed by atoms with Crippen LogP contribution in [-0.4, -0.2) is 73.4 Å². The van der Waals surface area contributed by atoms with Crippen molar-refractivity contribution in [3.8, 4) is 11.8 Å². The predicted molar refractivity (Wildman–Crippen MR) is 140 cm³/mol. The number of carboxylic acid groups (broad SMARTS) is 1. The normalized spacial score (nSPS) is 15.4. The van der Waals surface area contributed by atoms with E-state index in [4.69, 9.17) is 10.00 Å². The molecule has 0 aromatic carbocycles. The first-order valence-electron chi connectivity index (χ1n) is 12.2. The summed E-state index contributed by atoms with van der Waals surface area (Å²) in [6.45, 7) is 6.63. The van der Waals surface area contributed by atoms with Crippen molar-refractivity contribution in [2.75, 3.05) is 30.4 Å². The minimum Gasteiger partial charge on any atom is -0.478 e. The maximum atomic E-state index is 12.7. The molecule has 1 aliphatic rings. The number of carbonyl (C=O) groups is 2. The average molecular weight is 519 g/mol. The van der Waals surface area contributed by atoms with Gasteiger partial charge in [0.05, 0.1) is 35.5 Å². The summed E-state index contributed by atoms with van der Waals surface area (Å²) in [5.74, 6) is -0.120. The van der Waals surface area contributed by atoms with Crippen molar-refractivity contribution in [3.63, 3.8) is 0 Å². The zero-order valence-electron chi connectivity index (χ0n) is 21.7. The lowest BCUT2D eigenvalue weighted by atomic mass is 10.0. The summed E-state index contributed by atoms with van der Waals surface area (Å²) in [4.78, 5) is 40.7. The molecule has 3 aromatic heterocycles. The number of nitrogens with zero attached hydrogens (tertiary/aromatic N) is 7. The number of nitriles is 1. The third-order valence-electron chi connectivity index (χ3n) is 6.08. The summed E-state index contributed by atoms with van der Waals surface area (Å²) in [7, 11) is 1.94. The molecular formula is C26H30N8O4. The molecule has 1 amide bonds. The fourth-order valence-electron chi connectivity index (χ4n) is 4.20. The van der Waals surface area contributed by atoms with Crippen LogP contribution in [0.15, 0.2) is 43.1 Å². The molecule has 1 saturated heterocycles. The van der Waals surface area contributed by atoms with E-state index in [0.29, 0.717) is 30.4 Å². The lowest BCUT2D eigenvalue weighted by molar-refractivity contribution is 0.0199. The third kappa shape index (κ3) is 6.18. The Morgan fingerprint density at radius 2 is 1.97 bits per heavy atom. The summed E-state index contributed by atoms with van der Waals surface area (Å²) in [5.41, 5.74) is 1.22. The van der Waals surface area contributed by atoms with Crippen LogP contribution in [0.3, 0.4) is 0 Å². The van der Waals surface area contributed by atoms with Crippen LogP contribution < -0.4 is 10.2 Å². The molecule has 0 bridgehead atoms. The Balaban J connectivity index is 1.65. The molecule has 12 nitrogen and oxygen atoms in total. The largest absolute Gasteiger partial charge is 0.478 e. The molecule has 1 aliphatic heterocycles. The number of ether oxygens (including phenoxy) is 1. The Hall–Kier alpha value is -4.66. The number of pyridine rings is 1. The SMILES string of the molecule is CN(c1cc(Nc2cnc(C#N)cn2)ncc1-n1ccc(C(=O)O)c1)C1CCCN(C(=O)OC(C)(C)C)C1. The summed E-state index contributed by atoms with van der Waals surface area (Å²) in [6.07, 6.45) is 8.98. The number of rotatable bonds is 6. The van der Waals surface area contributed by atoms with Crippen molar-refractivity contribution in [2.45, 2.75) is 45.3 Å². The highest BCUT2D eigenvalue weighted by Crippen LogP contribution is 2.31. The number of amides is 1. The molecule has 0 radical (unpaired) electrons. The van der Waals surface area contributed by atoms with Crippen LogP contribution in [0.25, 0.3) is 5.69 Å². The fourth-order valence-corrected chi connectivity index (χ4v) is 4.20. The topological polar surface area (TPSA) is 149 Å². The Morgan fingerprint density at radius 1 is 1.21 bits per heavy atom. The van der Waals surface area contributed by atoms with Crippen LogP contribution in [0.1, 0.15) is 49.7 Å². The predicted octanol–water partition coefficient (Wildman–Crippen LogP) is 3.81. The van der Waals surface area contributed by atoms with Gasteiger partial charge in [-0.25, -0.2) is 24.5 Å². The molecule has 4 rings (SSSR count). The van der Waals surface area contributed by atoms with Crippen LogP contribution in [-0.2, 0) is 4.74 Å². The van der Waals surface area contributed by atoms with E-state index in [1.54, 1.807) is 21.9 Å². The molecule has 0 spiro atoms. The van der Waals surface area contributed by atoms with Crippen molar-refractivity contribution >= 4 is 29.4 Å². The summed E-state index contributed by atoms with van der Waals surface area (Å²) < 4.78 is 7.30. The minimum atomic E-state index is -1.02.